The minimum atomic E-state index is -0.105. The average Bonchev–Trinajstić information content (AvgIpc) is 2.91. The van der Waals surface area contributed by atoms with E-state index >= 15 is 0 Å². The maximum Gasteiger partial charge on any atom is 0.240 e. The number of rotatable bonds is 11. The standard InChI is InChI=1S/C30H30N4O2/c35-29(33-31-21-25-15-9-13-23-11-5-7-17-27(23)25)19-3-1-2-4-20-30(36)34-32-22-26-16-10-14-24-12-6-8-18-28(24)26/h5-18,21-22H,1-4,19-20H2,(H,33,35)(H,34,36). The fourth-order valence-corrected chi connectivity index (χ4v) is 4.11. The SMILES string of the molecule is O=C(CCCCCCC(=O)NN=Cc1cccc2ccccc12)NN=Cc1cccc2ccccc12. The van der Waals surface area contributed by atoms with E-state index in [1.54, 1.807) is 12.4 Å². The van der Waals surface area contributed by atoms with Crippen LogP contribution in [0.3, 0.4) is 0 Å². The number of carbonyl (C=O) groups excluding carboxylic acids is 2. The first-order chi connectivity index (χ1) is 17.7. The highest BCUT2D eigenvalue weighted by atomic mass is 16.2. The van der Waals surface area contributed by atoms with Crippen molar-refractivity contribution >= 4 is 45.8 Å². The van der Waals surface area contributed by atoms with Gasteiger partial charge >= 0.3 is 0 Å². The van der Waals surface area contributed by atoms with Crippen molar-refractivity contribution in [2.24, 2.45) is 10.2 Å². The Labute approximate surface area is 211 Å². The van der Waals surface area contributed by atoms with E-state index in [4.69, 9.17) is 0 Å². The highest BCUT2D eigenvalue weighted by Gasteiger charge is 2.03. The number of carbonyl (C=O) groups is 2. The second-order valence-corrected chi connectivity index (χ2v) is 8.64. The number of fused-ring (bicyclic) bond motifs is 2. The third-order valence-electron chi connectivity index (χ3n) is 5.99. The Morgan fingerprint density at radius 1 is 0.556 bits per heavy atom. The number of hydrogen-bond acceptors (Lipinski definition) is 4. The van der Waals surface area contributed by atoms with E-state index in [1.807, 2.05) is 60.7 Å². The molecule has 2 N–H and O–H groups in total. The lowest BCUT2D eigenvalue weighted by Gasteiger charge is -2.03. The van der Waals surface area contributed by atoms with Gasteiger partial charge in [0.05, 0.1) is 12.4 Å². The third-order valence-corrected chi connectivity index (χ3v) is 5.99. The molecule has 0 unspecified atom stereocenters. The van der Waals surface area contributed by atoms with Crippen LogP contribution < -0.4 is 10.9 Å². The third kappa shape index (κ3) is 7.09. The van der Waals surface area contributed by atoms with Crippen molar-refractivity contribution in [2.45, 2.75) is 38.5 Å². The quantitative estimate of drug-likeness (QED) is 0.159. The predicted molar refractivity (Wildman–Crippen MR) is 147 cm³/mol. The number of nitrogens with zero attached hydrogens (tertiary/aromatic N) is 2. The van der Waals surface area contributed by atoms with E-state index in [1.165, 1.54) is 0 Å². The minimum Gasteiger partial charge on any atom is -0.273 e. The first-order valence-electron chi connectivity index (χ1n) is 12.3. The Balaban J connectivity index is 1.09. The lowest BCUT2D eigenvalue weighted by Crippen LogP contribution is -2.17. The van der Waals surface area contributed by atoms with Crippen LogP contribution in [0.5, 0.6) is 0 Å². The van der Waals surface area contributed by atoms with Gasteiger partial charge in [0.25, 0.3) is 0 Å². The van der Waals surface area contributed by atoms with Gasteiger partial charge in [-0.1, -0.05) is 97.8 Å². The smallest absolute Gasteiger partial charge is 0.240 e. The largest absolute Gasteiger partial charge is 0.273 e. The van der Waals surface area contributed by atoms with Crippen molar-refractivity contribution in [2.75, 3.05) is 0 Å². The Bertz CT molecular complexity index is 1280. The van der Waals surface area contributed by atoms with Crippen LogP contribution >= 0.6 is 0 Å². The topological polar surface area (TPSA) is 82.9 Å². The van der Waals surface area contributed by atoms with Gasteiger partial charge in [0, 0.05) is 24.0 Å². The van der Waals surface area contributed by atoms with Crippen LogP contribution in [0.2, 0.25) is 0 Å². The summed E-state index contributed by atoms with van der Waals surface area (Å²) in [7, 11) is 0. The van der Waals surface area contributed by atoms with Crippen molar-refractivity contribution < 1.29 is 9.59 Å². The summed E-state index contributed by atoms with van der Waals surface area (Å²) in [6.07, 6.45) is 7.47. The molecule has 0 heterocycles. The van der Waals surface area contributed by atoms with E-state index in [2.05, 4.69) is 45.3 Å². The van der Waals surface area contributed by atoms with Crippen molar-refractivity contribution in [3.8, 4) is 0 Å². The summed E-state index contributed by atoms with van der Waals surface area (Å²) in [6.45, 7) is 0. The molecule has 0 saturated carbocycles. The summed E-state index contributed by atoms with van der Waals surface area (Å²) < 4.78 is 0. The molecule has 0 aliphatic rings. The lowest BCUT2D eigenvalue weighted by atomic mass is 10.1. The number of hydrogen-bond donors (Lipinski definition) is 2. The Morgan fingerprint density at radius 3 is 1.44 bits per heavy atom. The molecule has 6 nitrogen and oxygen atoms in total. The van der Waals surface area contributed by atoms with Crippen molar-refractivity contribution in [3.05, 3.63) is 96.1 Å². The molecule has 36 heavy (non-hydrogen) atoms. The van der Waals surface area contributed by atoms with E-state index in [9.17, 15) is 9.59 Å². The number of nitrogens with one attached hydrogen (secondary N) is 2. The summed E-state index contributed by atoms with van der Waals surface area (Å²) in [5, 5.41) is 12.7. The van der Waals surface area contributed by atoms with Crippen LogP contribution in [0, 0.1) is 0 Å². The Kier molecular flexibility index (Phi) is 8.92. The molecule has 4 aromatic carbocycles. The second-order valence-electron chi connectivity index (χ2n) is 8.64. The van der Waals surface area contributed by atoms with Crippen LogP contribution in [-0.2, 0) is 9.59 Å². The van der Waals surface area contributed by atoms with E-state index < -0.39 is 0 Å². The van der Waals surface area contributed by atoms with Crippen LogP contribution in [0.1, 0.15) is 49.7 Å². The molecule has 0 atom stereocenters. The molecule has 6 heteroatoms. The van der Waals surface area contributed by atoms with Crippen molar-refractivity contribution in [1.29, 1.82) is 0 Å². The molecular weight excluding hydrogens is 448 g/mol. The van der Waals surface area contributed by atoms with E-state index in [0.29, 0.717) is 12.8 Å². The van der Waals surface area contributed by atoms with E-state index in [-0.39, 0.29) is 11.8 Å². The molecule has 0 aromatic heterocycles. The number of hydrazone groups is 2. The van der Waals surface area contributed by atoms with Crippen LogP contribution in [0.4, 0.5) is 0 Å². The van der Waals surface area contributed by atoms with Gasteiger partial charge in [-0.05, 0) is 34.4 Å². The van der Waals surface area contributed by atoms with Gasteiger partial charge in [-0.3, -0.25) is 9.59 Å². The van der Waals surface area contributed by atoms with Crippen LogP contribution in [0.25, 0.3) is 21.5 Å². The average molecular weight is 479 g/mol. The second kappa shape index (κ2) is 13.0. The number of amides is 2. The molecular formula is C30H30N4O2. The molecule has 2 amide bonds. The highest BCUT2D eigenvalue weighted by molar-refractivity contribution is 6.00. The minimum absolute atomic E-state index is 0.105. The van der Waals surface area contributed by atoms with Gasteiger partial charge in [-0.15, -0.1) is 0 Å². The zero-order chi connectivity index (χ0) is 25.0. The van der Waals surface area contributed by atoms with Gasteiger partial charge in [0.1, 0.15) is 0 Å². The van der Waals surface area contributed by atoms with Crippen molar-refractivity contribution in [1.82, 2.24) is 10.9 Å². The van der Waals surface area contributed by atoms with Gasteiger partial charge in [-0.2, -0.15) is 10.2 Å². The normalized spacial score (nSPS) is 11.4. The molecule has 0 spiro atoms. The Morgan fingerprint density at radius 2 is 0.972 bits per heavy atom. The molecule has 0 aliphatic carbocycles. The zero-order valence-corrected chi connectivity index (χ0v) is 20.2. The molecule has 0 bridgehead atoms. The number of unbranched alkanes of at least 4 members (excludes halogenated alkanes) is 3. The molecule has 0 saturated heterocycles. The van der Waals surface area contributed by atoms with Gasteiger partial charge in [0.15, 0.2) is 0 Å². The zero-order valence-electron chi connectivity index (χ0n) is 20.2. The maximum absolute atomic E-state index is 12.0. The van der Waals surface area contributed by atoms with Gasteiger partial charge < -0.3 is 0 Å². The fourth-order valence-electron chi connectivity index (χ4n) is 4.11. The fraction of sp³-hybridized carbons (Fsp3) is 0.200. The molecule has 4 aromatic rings. The van der Waals surface area contributed by atoms with Crippen LogP contribution in [0.15, 0.2) is 95.1 Å². The summed E-state index contributed by atoms with van der Waals surface area (Å²) in [4.78, 5) is 24.1. The van der Waals surface area contributed by atoms with Gasteiger partial charge in [0.2, 0.25) is 11.8 Å². The van der Waals surface area contributed by atoms with Crippen molar-refractivity contribution in [3.63, 3.8) is 0 Å². The van der Waals surface area contributed by atoms with E-state index in [0.717, 1.165) is 58.4 Å². The molecule has 4 rings (SSSR count). The first-order valence-corrected chi connectivity index (χ1v) is 12.3. The Hall–Kier alpha value is -4.32. The van der Waals surface area contributed by atoms with Gasteiger partial charge in [-0.25, -0.2) is 10.9 Å². The molecule has 182 valence electrons. The summed E-state index contributed by atoms with van der Waals surface area (Å²) in [6, 6.07) is 28.2. The molecule has 0 radical (unpaired) electrons. The maximum atomic E-state index is 12.0. The summed E-state index contributed by atoms with van der Waals surface area (Å²) in [5.41, 5.74) is 7.14. The summed E-state index contributed by atoms with van der Waals surface area (Å²) >= 11 is 0. The first kappa shape index (κ1) is 24.8. The molecule has 0 aliphatic heterocycles. The predicted octanol–water partition coefficient (Wildman–Crippen LogP) is 5.93. The number of benzene rings is 4. The highest BCUT2D eigenvalue weighted by Crippen LogP contribution is 2.17. The summed E-state index contributed by atoms with van der Waals surface area (Å²) in [5.74, 6) is -0.209. The molecule has 0 fully saturated rings. The van der Waals surface area contributed by atoms with Crippen LogP contribution in [-0.4, -0.2) is 24.2 Å². The monoisotopic (exact) mass is 478 g/mol. The lowest BCUT2D eigenvalue weighted by molar-refractivity contribution is -0.122.